The van der Waals surface area contributed by atoms with Crippen LogP contribution in [0.15, 0.2) is 54.7 Å². The number of aryl methyl sites for hydroxylation is 1. The van der Waals surface area contributed by atoms with Gasteiger partial charge in [0.15, 0.2) is 0 Å². The number of amidine groups is 1. The Labute approximate surface area is 192 Å². The Morgan fingerprint density at radius 1 is 1.18 bits per heavy atom. The second kappa shape index (κ2) is 10.6. The lowest BCUT2D eigenvalue weighted by molar-refractivity contribution is -0.139. The summed E-state index contributed by atoms with van der Waals surface area (Å²) in [5.41, 5.74) is 8.98. The molecule has 0 radical (unpaired) electrons. The van der Waals surface area contributed by atoms with Gasteiger partial charge in [0, 0.05) is 37.4 Å². The standard InChI is InChI=1S/C24H27N5O4/c1-4-32-24(23(31)27-13-17-9-11-18(12-10-17)22(25)26)29-14-15(2)21(28-29)19-7-5-6-8-20(19)33-16(3)30/h5-12,14,24H,4,13H2,1-3H3,(H3,25,26)(H,27,31)/t24-/m0/s1. The zero-order valence-electron chi connectivity index (χ0n) is 18.8. The van der Waals surface area contributed by atoms with Gasteiger partial charge in [0.2, 0.25) is 6.23 Å². The number of rotatable bonds is 9. The van der Waals surface area contributed by atoms with Crippen LogP contribution in [-0.4, -0.2) is 34.1 Å². The van der Waals surface area contributed by atoms with Crippen LogP contribution in [0.5, 0.6) is 5.75 Å². The number of aromatic nitrogens is 2. The molecule has 3 rings (SSSR count). The number of benzene rings is 2. The Balaban J connectivity index is 1.80. The summed E-state index contributed by atoms with van der Waals surface area (Å²) in [7, 11) is 0. The Kier molecular flexibility index (Phi) is 7.57. The largest absolute Gasteiger partial charge is 0.426 e. The highest BCUT2D eigenvalue weighted by Crippen LogP contribution is 2.31. The molecule has 2 aromatic carbocycles. The van der Waals surface area contributed by atoms with Gasteiger partial charge in [-0.3, -0.25) is 15.0 Å². The molecule has 0 unspecified atom stereocenters. The molecule has 1 aromatic heterocycles. The zero-order valence-corrected chi connectivity index (χ0v) is 18.8. The van der Waals surface area contributed by atoms with E-state index in [1.807, 2.05) is 13.0 Å². The summed E-state index contributed by atoms with van der Waals surface area (Å²) >= 11 is 0. The molecule has 1 atom stereocenters. The van der Waals surface area contributed by atoms with Crippen LogP contribution in [0.1, 0.15) is 36.8 Å². The highest BCUT2D eigenvalue weighted by Gasteiger charge is 2.24. The predicted molar refractivity (Wildman–Crippen MR) is 124 cm³/mol. The molecule has 0 bridgehead atoms. The van der Waals surface area contributed by atoms with Gasteiger partial charge in [0.05, 0.1) is 5.69 Å². The van der Waals surface area contributed by atoms with Crippen LogP contribution in [-0.2, 0) is 20.9 Å². The molecular formula is C24H27N5O4. The van der Waals surface area contributed by atoms with Crippen LogP contribution in [0, 0.1) is 12.3 Å². The highest BCUT2D eigenvalue weighted by atomic mass is 16.5. The monoisotopic (exact) mass is 449 g/mol. The second-order valence-electron chi connectivity index (χ2n) is 7.37. The predicted octanol–water partition coefficient (Wildman–Crippen LogP) is 2.92. The molecule has 4 N–H and O–H groups in total. The number of carbonyl (C=O) groups is 2. The fourth-order valence-electron chi connectivity index (χ4n) is 3.28. The number of nitrogen functional groups attached to an aromatic ring is 1. The third-order valence-electron chi connectivity index (χ3n) is 4.83. The lowest BCUT2D eigenvalue weighted by Gasteiger charge is -2.17. The van der Waals surface area contributed by atoms with E-state index >= 15 is 0 Å². The molecule has 172 valence electrons. The Bertz CT molecular complexity index is 1150. The van der Waals surface area contributed by atoms with Crippen molar-refractivity contribution in [3.8, 4) is 17.0 Å². The number of esters is 1. The molecule has 0 aliphatic heterocycles. The van der Waals surface area contributed by atoms with Crippen LogP contribution in [0.4, 0.5) is 0 Å². The van der Waals surface area contributed by atoms with Crippen molar-refractivity contribution in [3.63, 3.8) is 0 Å². The second-order valence-corrected chi connectivity index (χ2v) is 7.37. The first-order valence-corrected chi connectivity index (χ1v) is 10.5. The van der Waals surface area contributed by atoms with Crippen molar-refractivity contribution < 1.29 is 19.1 Å². The van der Waals surface area contributed by atoms with Gasteiger partial charge >= 0.3 is 5.97 Å². The van der Waals surface area contributed by atoms with E-state index < -0.39 is 12.2 Å². The maximum Gasteiger partial charge on any atom is 0.308 e. The van der Waals surface area contributed by atoms with E-state index in [9.17, 15) is 9.59 Å². The molecule has 1 amide bonds. The van der Waals surface area contributed by atoms with Gasteiger partial charge < -0.3 is 20.5 Å². The quantitative estimate of drug-likeness (QED) is 0.199. The minimum absolute atomic E-state index is 0.0119. The average Bonchev–Trinajstić information content (AvgIpc) is 3.17. The maximum absolute atomic E-state index is 12.9. The van der Waals surface area contributed by atoms with Gasteiger partial charge in [-0.1, -0.05) is 36.4 Å². The van der Waals surface area contributed by atoms with Crippen molar-refractivity contribution in [1.29, 1.82) is 5.41 Å². The molecule has 0 spiro atoms. The third kappa shape index (κ3) is 5.83. The first-order valence-electron chi connectivity index (χ1n) is 10.5. The van der Waals surface area contributed by atoms with E-state index in [4.69, 9.17) is 20.6 Å². The van der Waals surface area contributed by atoms with Gasteiger partial charge in [0.1, 0.15) is 11.6 Å². The molecule has 9 heteroatoms. The van der Waals surface area contributed by atoms with E-state index in [0.29, 0.717) is 29.2 Å². The van der Waals surface area contributed by atoms with Crippen molar-refractivity contribution in [2.24, 2.45) is 5.73 Å². The average molecular weight is 450 g/mol. The molecule has 33 heavy (non-hydrogen) atoms. The SMILES string of the molecule is CCO[C@@H](C(=O)NCc1ccc(C(=N)N)cc1)n1cc(C)c(-c2ccccc2OC(C)=O)n1. The summed E-state index contributed by atoms with van der Waals surface area (Å²) in [4.78, 5) is 24.4. The van der Waals surface area contributed by atoms with E-state index in [-0.39, 0.29) is 18.3 Å². The number of hydrogen-bond acceptors (Lipinski definition) is 6. The summed E-state index contributed by atoms with van der Waals surface area (Å²) in [6.45, 7) is 5.59. The van der Waals surface area contributed by atoms with E-state index in [2.05, 4.69) is 10.4 Å². The number of nitrogens with two attached hydrogens (primary N) is 1. The Morgan fingerprint density at radius 2 is 1.88 bits per heavy atom. The summed E-state index contributed by atoms with van der Waals surface area (Å²) in [5.74, 6) is -0.399. The minimum atomic E-state index is -0.972. The summed E-state index contributed by atoms with van der Waals surface area (Å²) in [6.07, 6.45) is 0.751. The van der Waals surface area contributed by atoms with Crippen LogP contribution in [0.25, 0.3) is 11.3 Å². The number of nitrogens with one attached hydrogen (secondary N) is 2. The summed E-state index contributed by atoms with van der Waals surface area (Å²) < 4.78 is 12.5. The summed E-state index contributed by atoms with van der Waals surface area (Å²) in [5, 5.41) is 14.9. The zero-order chi connectivity index (χ0) is 24.0. The summed E-state index contributed by atoms with van der Waals surface area (Å²) in [6, 6.07) is 14.2. The molecule has 9 nitrogen and oxygen atoms in total. The minimum Gasteiger partial charge on any atom is -0.426 e. The molecule has 0 aliphatic rings. The van der Waals surface area contributed by atoms with Crippen LogP contribution >= 0.6 is 0 Å². The number of para-hydroxylation sites is 1. The molecule has 0 fully saturated rings. The van der Waals surface area contributed by atoms with Crippen molar-refractivity contribution >= 4 is 17.7 Å². The number of hydrogen-bond donors (Lipinski definition) is 3. The molecule has 1 heterocycles. The third-order valence-corrected chi connectivity index (χ3v) is 4.83. The van der Waals surface area contributed by atoms with Gasteiger partial charge in [-0.05, 0) is 37.1 Å². The molecular weight excluding hydrogens is 422 g/mol. The van der Waals surface area contributed by atoms with Crippen molar-refractivity contribution in [1.82, 2.24) is 15.1 Å². The fraction of sp³-hybridized carbons (Fsp3) is 0.250. The highest BCUT2D eigenvalue weighted by molar-refractivity contribution is 5.94. The van der Waals surface area contributed by atoms with E-state index in [1.54, 1.807) is 55.6 Å². The number of amides is 1. The number of nitrogens with zero attached hydrogens (tertiary/aromatic N) is 2. The number of ether oxygens (including phenoxy) is 2. The fourth-order valence-corrected chi connectivity index (χ4v) is 3.28. The van der Waals surface area contributed by atoms with E-state index in [0.717, 1.165) is 11.1 Å². The smallest absolute Gasteiger partial charge is 0.308 e. The van der Waals surface area contributed by atoms with Crippen LogP contribution in [0.3, 0.4) is 0 Å². The van der Waals surface area contributed by atoms with Gasteiger partial charge in [-0.25, -0.2) is 4.68 Å². The van der Waals surface area contributed by atoms with Gasteiger partial charge in [-0.2, -0.15) is 5.10 Å². The molecule has 0 saturated heterocycles. The van der Waals surface area contributed by atoms with Crippen molar-refractivity contribution in [2.45, 2.75) is 33.5 Å². The first-order chi connectivity index (χ1) is 15.8. The normalized spacial score (nSPS) is 11.6. The van der Waals surface area contributed by atoms with Crippen LogP contribution in [0.2, 0.25) is 0 Å². The Hall–Kier alpha value is -3.98. The number of carbonyl (C=O) groups excluding carboxylic acids is 2. The lowest BCUT2D eigenvalue weighted by atomic mass is 10.1. The van der Waals surface area contributed by atoms with Crippen molar-refractivity contribution in [2.75, 3.05) is 6.61 Å². The topological polar surface area (TPSA) is 132 Å². The molecule has 0 aliphatic carbocycles. The molecule has 0 saturated carbocycles. The van der Waals surface area contributed by atoms with Crippen LogP contribution < -0.4 is 15.8 Å². The van der Waals surface area contributed by atoms with Gasteiger partial charge in [0.25, 0.3) is 5.91 Å². The van der Waals surface area contributed by atoms with Crippen molar-refractivity contribution in [3.05, 3.63) is 71.4 Å². The lowest BCUT2D eigenvalue weighted by Crippen LogP contribution is -2.34. The maximum atomic E-state index is 12.9. The van der Waals surface area contributed by atoms with E-state index in [1.165, 1.54) is 11.6 Å². The first kappa shape index (κ1) is 23.7. The Morgan fingerprint density at radius 3 is 2.52 bits per heavy atom. The van der Waals surface area contributed by atoms with Gasteiger partial charge in [-0.15, -0.1) is 0 Å². The molecule has 3 aromatic rings.